The minimum absolute atomic E-state index is 0.109. The number of halogens is 1. The molecule has 116 valence electrons. The van der Waals surface area contributed by atoms with E-state index in [1.54, 1.807) is 0 Å². The van der Waals surface area contributed by atoms with Gasteiger partial charge in [-0.3, -0.25) is 4.79 Å². The zero-order valence-corrected chi connectivity index (χ0v) is 14.6. The lowest BCUT2D eigenvalue weighted by atomic mass is 9.95. The summed E-state index contributed by atoms with van der Waals surface area (Å²) in [6, 6.07) is 6.12. The number of aryl methyl sites for hydroxylation is 3. The van der Waals surface area contributed by atoms with Crippen LogP contribution in [0.5, 0.6) is 0 Å². The molecule has 3 rings (SSSR count). The number of anilines is 1. The van der Waals surface area contributed by atoms with Crippen LogP contribution in [-0.4, -0.2) is 17.6 Å². The minimum atomic E-state index is -0.249. The monoisotopic (exact) mass is 362 g/mol. The molecule has 0 saturated heterocycles. The van der Waals surface area contributed by atoms with Gasteiger partial charge in [0.2, 0.25) is 5.91 Å². The Morgan fingerprint density at radius 3 is 2.86 bits per heavy atom. The molecule has 0 spiro atoms. The average Bonchev–Trinajstić information content (AvgIpc) is 2.84. The van der Waals surface area contributed by atoms with Crippen molar-refractivity contribution in [1.82, 2.24) is 5.16 Å². The molecule has 0 fully saturated rings. The highest BCUT2D eigenvalue weighted by Gasteiger charge is 2.30. The van der Waals surface area contributed by atoms with Crippen molar-refractivity contribution in [2.24, 2.45) is 0 Å². The predicted octanol–water partition coefficient (Wildman–Crippen LogP) is 4.14. The molecule has 5 heteroatoms. The maximum atomic E-state index is 13.0. The molecule has 1 aliphatic heterocycles. The van der Waals surface area contributed by atoms with Crippen LogP contribution in [0.15, 0.2) is 27.2 Å². The van der Waals surface area contributed by atoms with Gasteiger partial charge in [0, 0.05) is 22.3 Å². The van der Waals surface area contributed by atoms with Gasteiger partial charge in [-0.15, -0.1) is 0 Å². The normalized spacial score (nSPS) is 15.5. The molecule has 0 N–H and O–H groups in total. The second kappa shape index (κ2) is 5.88. The molecule has 22 heavy (non-hydrogen) atoms. The molecule has 1 aliphatic rings. The van der Waals surface area contributed by atoms with Gasteiger partial charge in [0.25, 0.3) is 0 Å². The van der Waals surface area contributed by atoms with Gasteiger partial charge in [-0.2, -0.15) is 0 Å². The summed E-state index contributed by atoms with van der Waals surface area (Å²) in [6.45, 7) is 6.44. The van der Waals surface area contributed by atoms with Crippen LogP contribution in [0.2, 0.25) is 0 Å². The van der Waals surface area contributed by atoms with Crippen LogP contribution in [0, 0.1) is 13.8 Å². The smallest absolute Gasteiger partial charge is 0.234 e. The van der Waals surface area contributed by atoms with E-state index in [1.807, 2.05) is 37.8 Å². The van der Waals surface area contributed by atoms with Crippen molar-refractivity contribution in [3.05, 3.63) is 45.3 Å². The molecule has 1 atom stereocenters. The van der Waals surface area contributed by atoms with E-state index in [4.69, 9.17) is 4.52 Å². The Bertz CT molecular complexity index is 704. The van der Waals surface area contributed by atoms with E-state index in [9.17, 15) is 4.79 Å². The molecule has 0 bridgehead atoms. The van der Waals surface area contributed by atoms with Crippen LogP contribution in [0.1, 0.15) is 41.8 Å². The van der Waals surface area contributed by atoms with E-state index in [2.05, 4.69) is 27.2 Å². The number of amides is 1. The summed E-state index contributed by atoms with van der Waals surface area (Å²) in [7, 11) is 0. The van der Waals surface area contributed by atoms with Crippen LogP contribution in [-0.2, 0) is 11.2 Å². The maximum absolute atomic E-state index is 13.0. The van der Waals surface area contributed by atoms with Crippen LogP contribution in [0.4, 0.5) is 5.69 Å². The topological polar surface area (TPSA) is 46.3 Å². The number of nitrogens with zero attached hydrogens (tertiary/aromatic N) is 2. The predicted molar refractivity (Wildman–Crippen MR) is 89.2 cm³/mol. The number of carbonyl (C=O) groups excluding carboxylic acids is 1. The minimum Gasteiger partial charge on any atom is -0.361 e. The standard InChI is InChI=1S/C17H19BrN2O2/c1-10(16-11(2)19-22-12(16)3)17(21)20-8-4-5-13-9-14(18)6-7-15(13)20/h6-7,9-10H,4-5,8H2,1-3H3. The van der Waals surface area contributed by atoms with Gasteiger partial charge < -0.3 is 9.42 Å². The highest BCUT2D eigenvalue weighted by molar-refractivity contribution is 9.10. The van der Waals surface area contributed by atoms with Gasteiger partial charge in [-0.1, -0.05) is 21.1 Å². The Hall–Kier alpha value is -1.62. The first-order valence-corrected chi connectivity index (χ1v) is 8.31. The summed E-state index contributed by atoms with van der Waals surface area (Å²) in [4.78, 5) is 14.9. The van der Waals surface area contributed by atoms with E-state index in [1.165, 1.54) is 5.56 Å². The highest BCUT2D eigenvalue weighted by atomic mass is 79.9. The second-order valence-electron chi connectivity index (χ2n) is 5.83. The fourth-order valence-electron chi connectivity index (χ4n) is 3.26. The van der Waals surface area contributed by atoms with Gasteiger partial charge >= 0.3 is 0 Å². The molecule has 0 saturated carbocycles. The van der Waals surface area contributed by atoms with E-state index in [-0.39, 0.29) is 11.8 Å². The zero-order chi connectivity index (χ0) is 15.9. The van der Waals surface area contributed by atoms with E-state index < -0.39 is 0 Å². The molecule has 2 aromatic rings. The molecule has 1 unspecified atom stereocenters. The van der Waals surface area contributed by atoms with Gasteiger partial charge in [0.1, 0.15) is 5.76 Å². The molecule has 2 heterocycles. The van der Waals surface area contributed by atoms with Gasteiger partial charge in [-0.05, 0) is 57.4 Å². The Kier molecular flexibility index (Phi) is 4.08. The number of carbonyl (C=O) groups is 1. The number of hydrogen-bond donors (Lipinski definition) is 0. The zero-order valence-electron chi connectivity index (χ0n) is 13.0. The Labute approximate surface area is 138 Å². The molecular weight excluding hydrogens is 344 g/mol. The van der Waals surface area contributed by atoms with Crippen molar-refractivity contribution in [3.63, 3.8) is 0 Å². The quantitative estimate of drug-likeness (QED) is 0.806. The fourth-order valence-corrected chi connectivity index (χ4v) is 3.67. The summed E-state index contributed by atoms with van der Waals surface area (Å²) in [5.41, 5.74) is 3.96. The van der Waals surface area contributed by atoms with Crippen LogP contribution in [0.3, 0.4) is 0 Å². The molecule has 4 nitrogen and oxygen atoms in total. The summed E-state index contributed by atoms with van der Waals surface area (Å²) >= 11 is 3.50. The molecule has 0 aliphatic carbocycles. The van der Waals surface area contributed by atoms with Crippen molar-refractivity contribution < 1.29 is 9.32 Å². The van der Waals surface area contributed by atoms with Gasteiger partial charge in [-0.25, -0.2) is 0 Å². The van der Waals surface area contributed by atoms with E-state index >= 15 is 0 Å². The van der Waals surface area contributed by atoms with Crippen molar-refractivity contribution in [2.75, 3.05) is 11.4 Å². The van der Waals surface area contributed by atoms with Crippen molar-refractivity contribution in [2.45, 2.75) is 39.5 Å². The number of aromatic nitrogens is 1. The third-order valence-electron chi connectivity index (χ3n) is 4.32. The fraction of sp³-hybridized carbons (Fsp3) is 0.412. The van der Waals surface area contributed by atoms with Crippen LogP contribution in [0.25, 0.3) is 0 Å². The molecular formula is C17H19BrN2O2. The molecule has 1 aromatic heterocycles. The Morgan fingerprint density at radius 2 is 2.18 bits per heavy atom. The first kappa shape index (κ1) is 15.3. The SMILES string of the molecule is Cc1noc(C)c1C(C)C(=O)N1CCCc2cc(Br)ccc21. The van der Waals surface area contributed by atoms with Gasteiger partial charge in [0.05, 0.1) is 11.6 Å². The molecule has 1 amide bonds. The third-order valence-corrected chi connectivity index (χ3v) is 4.81. The summed E-state index contributed by atoms with van der Waals surface area (Å²) in [5.74, 6) is 0.588. The van der Waals surface area contributed by atoms with Crippen LogP contribution >= 0.6 is 15.9 Å². The lowest BCUT2D eigenvalue weighted by Gasteiger charge is -2.31. The number of hydrogen-bond acceptors (Lipinski definition) is 3. The number of benzene rings is 1. The lowest BCUT2D eigenvalue weighted by molar-refractivity contribution is -0.119. The largest absolute Gasteiger partial charge is 0.361 e. The van der Waals surface area contributed by atoms with Crippen molar-refractivity contribution in [1.29, 1.82) is 0 Å². The average molecular weight is 363 g/mol. The van der Waals surface area contributed by atoms with Gasteiger partial charge in [0.15, 0.2) is 0 Å². The first-order valence-electron chi connectivity index (χ1n) is 7.51. The number of fused-ring (bicyclic) bond motifs is 1. The van der Waals surface area contributed by atoms with Crippen LogP contribution < -0.4 is 4.90 Å². The van der Waals surface area contributed by atoms with Crippen molar-refractivity contribution in [3.8, 4) is 0 Å². The highest BCUT2D eigenvalue weighted by Crippen LogP contribution is 2.33. The summed E-state index contributed by atoms with van der Waals surface area (Å²) < 4.78 is 6.27. The Balaban J connectivity index is 1.94. The number of rotatable bonds is 2. The maximum Gasteiger partial charge on any atom is 0.234 e. The molecule has 0 radical (unpaired) electrons. The van der Waals surface area contributed by atoms with Crippen molar-refractivity contribution >= 4 is 27.5 Å². The summed E-state index contributed by atoms with van der Waals surface area (Å²) in [6.07, 6.45) is 2.00. The third kappa shape index (κ3) is 2.58. The van der Waals surface area contributed by atoms with E-state index in [0.29, 0.717) is 0 Å². The first-order chi connectivity index (χ1) is 10.5. The Morgan fingerprint density at radius 1 is 1.41 bits per heavy atom. The lowest BCUT2D eigenvalue weighted by Crippen LogP contribution is -2.38. The molecule has 1 aromatic carbocycles. The van der Waals surface area contributed by atoms with E-state index in [0.717, 1.165) is 46.6 Å². The summed E-state index contributed by atoms with van der Waals surface area (Å²) in [5, 5.41) is 3.97. The second-order valence-corrected chi connectivity index (χ2v) is 6.74.